The number of nitro benzene ring substituents is 1. The predicted octanol–water partition coefficient (Wildman–Crippen LogP) is 1.27. The van der Waals surface area contributed by atoms with Gasteiger partial charge in [-0.1, -0.05) is 11.6 Å². The molecule has 0 radical (unpaired) electrons. The summed E-state index contributed by atoms with van der Waals surface area (Å²) in [6.45, 7) is 0.683. The molecule has 9 heteroatoms. The van der Waals surface area contributed by atoms with Crippen molar-refractivity contribution in [3.8, 4) is 0 Å². The van der Waals surface area contributed by atoms with E-state index >= 15 is 0 Å². The van der Waals surface area contributed by atoms with Crippen molar-refractivity contribution in [1.82, 2.24) is 10.2 Å². The normalized spacial score (nSPS) is 10.4. The van der Waals surface area contributed by atoms with Crippen LogP contribution in [0.25, 0.3) is 0 Å². The molecule has 0 bridgehead atoms. The third-order valence-corrected chi connectivity index (χ3v) is 3.03. The fraction of sp³-hybridized carbons (Fsp3) is 0.333. The summed E-state index contributed by atoms with van der Waals surface area (Å²) in [5.74, 6) is -0.487. The minimum atomic E-state index is -0.899. The van der Waals surface area contributed by atoms with Gasteiger partial charge in [-0.25, -0.2) is 4.79 Å². The van der Waals surface area contributed by atoms with Crippen LogP contribution in [0.3, 0.4) is 0 Å². The van der Waals surface area contributed by atoms with Crippen molar-refractivity contribution in [3.63, 3.8) is 0 Å². The number of nitro groups is 1. The van der Waals surface area contributed by atoms with E-state index < -0.39 is 16.9 Å². The van der Waals surface area contributed by atoms with E-state index in [4.69, 9.17) is 17.3 Å². The lowest BCUT2D eigenvalue weighted by atomic mass is 10.2. The highest BCUT2D eigenvalue weighted by Gasteiger charge is 2.12. The molecule has 21 heavy (non-hydrogen) atoms. The number of amides is 3. The van der Waals surface area contributed by atoms with E-state index in [1.807, 2.05) is 5.32 Å². The van der Waals surface area contributed by atoms with Crippen molar-refractivity contribution in [2.24, 2.45) is 5.73 Å². The third kappa shape index (κ3) is 5.76. The number of nitrogens with zero attached hydrogens (tertiary/aromatic N) is 2. The fourth-order valence-corrected chi connectivity index (χ4v) is 1.84. The van der Waals surface area contributed by atoms with Gasteiger partial charge in [-0.15, -0.1) is 0 Å². The molecule has 0 spiro atoms. The van der Waals surface area contributed by atoms with E-state index in [-0.39, 0.29) is 12.1 Å². The molecular weight excluding hydrogens is 300 g/mol. The Labute approximate surface area is 126 Å². The molecule has 0 atom stereocenters. The summed E-state index contributed by atoms with van der Waals surface area (Å²) < 4.78 is 0. The maximum absolute atomic E-state index is 11.3. The lowest BCUT2D eigenvalue weighted by Gasteiger charge is -2.16. The largest absolute Gasteiger partial charge is 0.351 e. The Balaban J connectivity index is 2.60. The highest BCUT2D eigenvalue weighted by Crippen LogP contribution is 2.23. The molecule has 3 N–H and O–H groups in total. The second kappa shape index (κ2) is 7.55. The topological polar surface area (TPSA) is 119 Å². The molecule has 0 heterocycles. The molecule has 1 aromatic rings. The molecule has 0 saturated carbocycles. The molecule has 0 fully saturated rings. The number of hydrogen-bond acceptors (Lipinski definition) is 5. The fourth-order valence-electron chi connectivity index (χ4n) is 1.66. The average molecular weight is 315 g/mol. The van der Waals surface area contributed by atoms with E-state index in [0.717, 1.165) is 0 Å². The van der Waals surface area contributed by atoms with E-state index in [1.54, 1.807) is 11.9 Å². The first-order valence-corrected chi connectivity index (χ1v) is 6.38. The number of urea groups is 1. The van der Waals surface area contributed by atoms with Gasteiger partial charge in [0.2, 0.25) is 5.91 Å². The minimum absolute atomic E-state index is 0.0470. The third-order valence-electron chi connectivity index (χ3n) is 2.66. The molecule has 8 nitrogen and oxygen atoms in total. The summed E-state index contributed by atoms with van der Waals surface area (Å²) in [4.78, 5) is 33.7. The quantitative estimate of drug-likeness (QED) is 0.605. The van der Waals surface area contributed by atoms with E-state index in [1.165, 1.54) is 18.2 Å². The first-order valence-electron chi connectivity index (χ1n) is 6.00. The summed E-state index contributed by atoms with van der Waals surface area (Å²) in [6.07, 6.45) is 0.0754. The Morgan fingerprint density at radius 3 is 2.71 bits per heavy atom. The first kappa shape index (κ1) is 16.9. The number of non-ortho nitro benzene ring substituents is 1. The molecule has 1 rings (SSSR count). The van der Waals surface area contributed by atoms with Crippen molar-refractivity contribution in [3.05, 3.63) is 38.9 Å². The summed E-state index contributed by atoms with van der Waals surface area (Å²) in [5.41, 5.74) is 5.36. The lowest BCUT2D eigenvalue weighted by molar-refractivity contribution is -0.384. The van der Waals surface area contributed by atoms with Gasteiger partial charge in [-0.05, 0) is 18.7 Å². The van der Waals surface area contributed by atoms with Gasteiger partial charge in [0, 0.05) is 36.7 Å². The van der Waals surface area contributed by atoms with Crippen LogP contribution in [-0.4, -0.2) is 35.4 Å². The summed E-state index contributed by atoms with van der Waals surface area (Å²) >= 11 is 5.99. The molecule has 0 unspecified atom stereocenters. The van der Waals surface area contributed by atoms with Crippen LogP contribution in [0.5, 0.6) is 0 Å². The number of halogens is 1. The maximum Gasteiger partial charge on any atom is 0.318 e. The van der Waals surface area contributed by atoms with Crippen LogP contribution < -0.4 is 11.1 Å². The molecule has 0 saturated heterocycles. The number of hydrogen-bond donors (Lipinski definition) is 2. The smallest absolute Gasteiger partial charge is 0.318 e. The monoisotopic (exact) mass is 314 g/mol. The Hall–Kier alpha value is -2.19. The van der Waals surface area contributed by atoms with E-state index in [9.17, 15) is 19.7 Å². The van der Waals surface area contributed by atoms with Gasteiger partial charge in [0.25, 0.3) is 5.69 Å². The highest BCUT2D eigenvalue weighted by molar-refractivity contribution is 6.31. The lowest BCUT2D eigenvalue weighted by Crippen LogP contribution is -2.36. The zero-order valence-electron chi connectivity index (χ0n) is 11.3. The number of imide groups is 1. The van der Waals surface area contributed by atoms with Crippen LogP contribution in [0, 0.1) is 10.1 Å². The standard InChI is InChI=1S/C12H15ClN4O4/c1-16(5-4-11(18)15-12(14)19)7-8-6-9(17(20)21)2-3-10(8)13/h2-3,6H,4-5,7H2,1H3,(H3,14,15,18,19). The van der Waals surface area contributed by atoms with Gasteiger partial charge < -0.3 is 10.6 Å². The van der Waals surface area contributed by atoms with E-state index in [0.29, 0.717) is 23.7 Å². The Bertz CT molecular complexity index is 564. The predicted molar refractivity (Wildman–Crippen MR) is 76.8 cm³/mol. The highest BCUT2D eigenvalue weighted by atomic mass is 35.5. The maximum atomic E-state index is 11.3. The van der Waals surface area contributed by atoms with Crippen molar-refractivity contribution in [2.45, 2.75) is 13.0 Å². The van der Waals surface area contributed by atoms with Crippen LogP contribution in [0.15, 0.2) is 18.2 Å². The second-order valence-corrected chi connectivity index (χ2v) is 4.84. The molecule has 1 aromatic carbocycles. The summed E-state index contributed by atoms with van der Waals surface area (Å²) in [7, 11) is 1.73. The van der Waals surface area contributed by atoms with Gasteiger partial charge in [-0.3, -0.25) is 20.2 Å². The Morgan fingerprint density at radius 2 is 2.14 bits per heavy atom. The molecule has 0 aromatic heterocycles. The van der Waals surface area contributed by atoms with Gasteiger partial charge >= 0.3 is 6.03 Å². The second-order valence-electron chi connectivity index (χ2n) is 4.43. The molecule has 0 aliphatic carbocycles. The molecule has 0 aliphatic heterocycles. The number of carbonyl (C=O) groups is 2. The Morgan fingerprint density at radius 1 is 1.48 bits per heavy atom. The van der Waals surface area contributed by atoms with Gasteiger partial charge in [-0.2, -0.15) is 0 Å². The number of primary amides is 1. The van der Waals surface area contributed by atoms with Crippen LogP contribution in [0.4, 0.5) is 10.5 Å². The van der Waals surface area contributed by atoms with Gasteiger partial charge in [0.05, 0.1) is 4.92 Å². The number of nitrogens with two attached hydrogens (primary N) is 1. The summed E-state index contributed by atoms with van der Waals surface area (Å²) in [6, 6.07) is 3.28. The SMILES string of the molecule is CN(CCC(=O)NC(N)=O)Cc1cc([N+](=O)[O-])ccc1Cl. The molecule has 3 amide bonds. The summed E-state index contributed by atoms with van der Waals surface area (Å²) in [5, 5.41) is 13.1. The number of benzene rings is 1. The van der Waals surface area contributed by atoms with Crippen LogP contribution in [0.1, 0.15) is 12.0 Å². The zero-order chi connectivity index (χ0) is 16.0. The molecule has 0 aliphatic rings. The number of nitrogens with one attached hydrogen (secondary N) is 1. The molecular formula is C12H15ClN4O4. The zero-order valence-corrected chi connectivity index (χ0v) is 12.1. The Kier molecular flexibility index (Phi) is 6.07. The minimum Gasteiger partial charge on any atom is -0.351 e. The van der Waals surface area contributed by atoms with Crippen LogP contribution in [0.2, 0.25) is 5.02 Å². The first-order chi connectivity index (χ1) is 9.79. The molecule has 114 valence electrons. The average Bonchev–Trinajstić information content (AvgIpc) is 2.38. The van der Waals surface area contributed by atoms with Crippen molar-refractivity contribution in [2.75, 3.05) is 13.6 Å². The van der Waals surface area contributed by atoms with Crippen molar-refractivity contribution in [1.29, 1.82) is 0 Å². The number of rotatable bonds is 6. The van der Waals surface area contributed by atoms with Crippen LogP contribution >= 0.6 is 11.6 Å². The van der Waals surface area contributed by atoms with Crippen molar-refractivity contribution < 1.29 is 14.5 Å². The number of carbonyl (C=O) groups excluding carboxylic acids is 2. The van der Waals surface area contributed by atoms with Gasteiger partial charge in [0.1, 0.15) is 0 Å². The van der Waals surface area contributed by atoms with Gasteiger partial charge in [0.15, 0.2) is 0 Å². The van der Waals surface area contributed by atoms with Crippen LogP contribution in [-0.2, 0) is 11.3 Å². The van der Waals surface area contributed by atoms with E-state index in [2.05, 4.69) is 0 Å². The van der Waals surface area contributed by atoms with Crippen molar-refractivity contribution >= 4 is 29.2 Å².